The van der Waals surface area contributed by atoms with Gasteiger partial charge in [0.05, 0.1) is 5.69 Å². The van der Waals surface area contributed by atoms with Crippen LogP contribution in [-0.4, -0.2) is 18.0 Å². The van der Waals surface area contributed by atoms with Gasteiger partial charge in [-0.25, -0.2) is 4.98 Å². The maximum absolute atomic E-state index is 11.4. The topological polar surface area (TPSA) is 79.3 Å². The van der Waals surface area contributed by atoms with Crippen LogP contribution in [0.1, 0.15) is 0 Å². The van der Waals surface area contributed by atoms with Crippen molar-refractivity contribution in [2.45, 2.75) is 4.90 Å². The molecule has 3 aromatic rings. The molecule has 0 spiro atoms. The second kappa shape index (κ2) is 5.57. The molecule has 0 aliphatic heterocycles. The predicted octanol–water partition coefficient (Wildman–Crippen LogP) is 3.88. The minimum atomic E-state index is -4.33. The molecule has 0 unspecified atom stereocenters. The Balaban J connectivity index is 2.14. The summed E-state index contributed by atoms with van der Waals surface area (Å²) in [7, 11) is -4.33. The van der Waals surface area contributed by atoms with Crippen molar-refractivity contribution in [2.24, 2.45) is 0 Å². The Labute approximate surface area is 132 Å². The van der Waals surface area contributed by atoms with Gasteiger partial charge in [0.25, 0.3) is 10.1 Å². The number of halogens is 1. The van der Waals surface area contributed by atoms with E-state index < -0.39 is 10.1 Å². The van der Waals surface area contributed by atoms with Crippen molar-refractivity contribution in [1.82, 2.24) is 4.98 Å². The first-order valence-corrected chi connectivity index (χ1v) is 8.15. The second-order valence-electron chi connectivity index (χ2n) is 4.62. The van der Waals surface area contributed by atoms with Crippen LogP contribution in [0.25, 0.3) is 10.8 Å². The van der Waals surface area contributed by atoms with Gasteiger partial charge < -0.3 is 5.32 Å². The summed E-state index contributed by atoms with van der Waals surface area (Å²) >= 11 is 6.01. The number of para-hydroxylation sites is 1. The lowest BCUT2D eigenvalue weighted by atomic mass is 10.1. The highest BCUT2D eigenvalue weighted by atomic mass is 35.5. The first-order valence-electron chi connectivity index (χ1n) is 6.33. The molecule has 0 radical (unpaired) electrons. The Morgan fingerprint density at radius 1 is 1.09 bits per heavy atom. The average Bonchev–Trinajstić information content (AvgIpc) is 2.47. The van der Waals surface area contributed by atoms with Gasteiger partial charge in [0.15, 0.2) is 0 Å². The van der Waals surface area contributed by atoms with Gasteiger partial charge in [-0.3, -0.25) is 4.55 Å². The lowest BCUT2D eigenvalue weighted by Crippen LogP contribution is -2.04. The van der Waals surface area contributed by atoms with Crippen molar-refractivity contribution in [3.8, 4) is 0 Å². The molecule has 2 aromatic carbocycles. The number of anilines is 2. The smallest absolute Gasteiger partial charge is 0.296 e. The minimum absolute atomic E-state index is 0.212. The molecule has 7 heteroatoms. The third-order valence-corrected chi connectivity index (χ3v) is 4.29. The van der Waals surface area contributed by atoms with Crippen LogP contribution in [0.2, 0.25) is 5.02 Å². The van der Waals surface area contributed by atoms with Crippen molar-refractivity contribution in [2.75, 3.05) is 5.32 Å². The second-order valence-corrected chi connectivity index (χ2v) is 6.45. The fourth-order valence-corrected chi connectivity index (χ4v) is 2.98. The molecule has 0 fully saturated rings. The number of fused-ring (bicyclic) bond motifs is 1. The van der Waals surface area contributed by atoms with Crippen LogP contribution in [-0.2, 0) is 10.1 Å². The molecule has 5 nitrogen and oxygen atoms in total. The fraction of sp³-hybridized carbons (Fsp3) is 0. The molecule has 3 rings (SSSR count). The highest BCUT2D eigenvalue weighted by Crippen LogP contribution is 2.29. The summed E-state index contributed by atoms with van der Waals surface area (Å²) in [5.74, 6) is 0.455. The zero-order chi connectivity index (χ0) is 15.7. The Morgan fingerprint density at radius 2 is 1.86 bits per heavy atom. The SMILES string of the molecule is O=S(=O)(O)c1ccccc1Nc1nccc2ccc(Cl)cc12. The molecule has 2 N–H and O–H groups in total. The van der Waals surface area contributed by atoms with Crippen LogP contribution in [0.15, 0.2) is 59.6 Å². The lowest BCUT2D eigenvalue weighted by Gasteiger charge is -2.11. The van der Waals surface area contributed by atoms with E-state index in [2.05, 4.69) is 10.3 Å². The minimum Gasteiger partial charge on any atom is -0.339 e. The number of aromatic nitrogens is 1. The van der Waals surface area contributed by atoms with Crippen LogP contribution in [0.5, 0.6) is 0 Å². The van der Waals surface area contributed by atoms with Crippen LogP contribution >= 0.6 is 11.6 Å². The molecule has 0 atom stereocenters. The van der Waals surface area contributed by atoms with E-state index in [-0.39, 0.29) is 10.6 Å². The van der Waals surface area contributed by atoms with Gasteiger partial charge in [0.2, 0.25) is 0 Å². The number of nitrogens with one attached hydrogen (secondary N) is 1. The number of pyridine rings is 1. The first kappa shape index (κ1) is 14.8. The number of rotatable bonds is 3. The summed E-state index contributed by atoms with van der Waals surface area (Å²) in [6.45, 7) is 0. The Morgan fingerprint density at radius 3 is 2.64 bits per heavy atom. The first-order chi connectivity index (χ1) is 10.4. The quantitative estimate of drug-likeness (QED) is 0.710. The molecule has 0 aliphatic rings. The average molecular weight is 335 g/mol. The zero-order valence-corrected chi connectivity index (χ0v) is 12.8. The van der Waals surface area contributed by atoms with Gasteiger partial charge in [0.1, 0.15) is 10.7 Å². The van der Waals surface area contributed by atoms with Gasteiger partial charge in [0, 0.05) is 16.6 Å². The fourth-order valence-electron chi connectivity index (χ4n) is 2.16. The predicted molar refractivity (Wildman–Crippen MR) is 86.3 cm³/mol. The van der Waals surface area contributed by atoms with E-state index in [4.69, 9.17) is 11.6 Å². The molecular formula is C15H11ClN2O3S. The monoisotopic (exact) mass is 334 g/mol. The normalized spacial score (nSPS) is 11.5. The van der Waals surface area contributed by atoms with Crippen LogP contribution in [0.3, 0.4) is 0 Å². The molecule has 0 saturated heterocycles. The number of nitrogens with zero attached hydrogens (tertiary/aromatic N) is 1. The van der Waals surface area contributed by atoms with Crippen molar-refractivity contribution >= 4 is 44.0 Å². The molecule has 1 aromatic heterocycles. The van der Waals surface area contributed by atoms with Crippen molar-refractivity contribution in [3.05, 3.63) is 59.8 Å². The van der Waals surface area contributed by atoms with E-state index in [1.54, 1.807) is 30.5 Å². The number of hydrogen-bond donors (Lipinski definition) is 2. The molecule has 1 heterocycles. The maximum Gasteiger partial charge on any atom is 0.296 e. The van der Waals surface area contributed by atoms with Gasteiger partial charge >= 0.3 is 0 Å². The van der Waals surface area contributed by atoms with E-state index in [0.29, 0.717) is 10.8 Å². The number of benzene rings is 2. The van der Waals surface area contributed by atoms with Crippen molar-refractivity contribution < 1.29 is 13.0 Å². The van der Waals surface area contributed by atoms with Gasteiger partial charge in [-0.05, 0) is 35.7 Å². The third kappa shape index (κ3) is 2.89. The molecular weight excluding hydrogens is 324 g/mol. The standard InChI is InChI=1S/C15H11ClN2O3S/c16-11-6-5-10-7-8-17-15(12(10)9-11)18-13-3-1-2-4-14(13)22(19,20)21/h1-9H,(H,17,18)(H,19,20,21). The summed E-state index contributed by atoms with van der Waals surface area (Å²) in [5.41, 5.74) is 0.241. The molecule has 112 valence electrons. The van der Waals surface area contributed by atoms with Gasteiger partial charge in [-0.1, -0.05) is 29.8 Å². The highest BCUT2D eigenvalue weighted by molar-refractivity contribution is 7.86. The Bertz CT molecular complexity index is 958. The zero-order valence-electron chi connectivity index (χ0n) is 11.2. The van der Waals surface area contributed by atoms with Crippen LogP contribution < -0.4 is 5.32 Å². The van der Waals surface area contributed by atoms with Crippen LogP contribution in [0.4, 0.5) is 11.5 Å². The van der Waals surface area contributed by atoms with Crippen molar-refractivity contribution in [3.63, 3.8) is 0 Å². The summed E-state index contributed by atoms with van der Waals surface area (Å²) in [5, 5.41) is 5.15. The van der Waals surface area contributed by atoms with E-state index in [9.17, 15) is 13.0 Å². The lowest BCUT2D eigenvalue weighted by molar-refractivity contribution is 0.483. The summed E-state index contributed by atoms with van der Waals surface area (Å²) in [4.78, 5) is 4.01. The van der Waals surface area contributed by atoms with Crippen molar-refractivity contribution in [1.29, 1.82) is 0 Å². The van der Waals surface area contributed by atoms with Gasteiger partial charge in [-0.2, -0.15) is 8.42 Å². The molecule has 22 heavy (non-hydrogen) atoms. The summed E-state index contributed by atoms with van der Waals surface area (Å²) in [6, 6.07) is 13.2. The van der Waals surface area contributed by atoms with E-state index >= 15 is 0 Å². The van der Waals surface area contributed by atoms with Crippen LogP contribution in [0, 0.1) is 0 Å². The summed E-state index contributed by atoms with van der Waals surface area (Å²) in [6.07, 6.45) is 1.61. The molecule has 0 bridgehead atoms. The van der Waals surface area contributed by atoms with E-state index in [0.717, 1.165) is 10.8 Å². The molecule has 0 amide bonds. The maximum atomic E-state index is 11.4. The third-order valence-electron chi connectivity index (χ3n) is 3.15. The molecule has 0 aliphatic carbocycles. The highest BCUT2D eigenvalue weighted by Gasteiger charge is 2.15. The molecule has 0 saturated carbocycles. The van der Waals surface area contributed by atoms with E-state index in [1.807, 2.05) is 12.1 Å². The Hall–Kier alpha value is -2.15. The largest absolute Gasteiger partial charge is 0.339 e. The summed E-state index contributed by atoms with van der Waals surface area (Å²) < 4.78 is 32.2. The number of hydrogen-bond acceptors (Lipinski definition) is 4. The van der Waals surface area contributed by atoms with E-state index in [1.165, 1.54) is 12.1 Å². The van der Waals surface area contributed by atoms with Gasteiger partial charge in [-0.15, -0.1) is 0 Å². The Kier molecular flexibility index (Phi) is 3.74.